The molecule has 0 aliphatic heterocycles. The minimum atomic E-state index is -0.889. The minimum Gasteiger partial charge on any atom is -0.493 e. The number of carbonyl (C=O) groups excluding carboxylic acids is 2. The largest absolute Gasteiger partial charge is 0.493 e. The van der Waals surface area contributed by atoms with Crippen molar-refractivity contribution in [2.24, 2.45) is 11.7 Å². The molecule has 0 aliphatic rings. The second kappa shape index (κ2) is 10.2. The average Bonchev–Trinajstić information content (AvgIpc) is 2.69. The third kappa shape index (κ3) is 6.16. The highest BCUT2D eigenvalue weighted by molar-refractivity contribution is 5.95. The summed E-state index contributed by atoms with van der Waals surface area (Å²) in [7, 11) is 1.56. The van der Waals surface area contributed by atoms with Gasteiger partial charge >= 0.3 is 0 Å². The maximum Gasteiger partial charge on any atom is 0.244 e. The lowest BCUT2D eigenvalue weighted by atomic mass is 10.1. The summed E-state index contributed by atoms with van der Waals surface area (Å²) in [6, 6.07) is 13.4. The molecule has 0 aliphatic carbocycles. The molecule has 0 fully saturated rings. The first-order valence-corrected chi connectivity index (χ1v) is 9.04. The van der Waals surface area contributed by atoms with E-state index in [4.69, 9.17) is 15.2 Å². The van der Waals surface area contributed by atoms with Gasteiger partial charge in [-0.3, -0.25) is 9.59 Å². The highest BCUT2D eigenvalue weighted by atomic mass is 16.5. The van der Waals surface area contributed by atoms with E-state index >= 15 is 0 Å². The molecule has 3 N–H and O–H groups in total. The lowest BCUT2D eigenvalue weighted by Gasteiger charge is -2.14. The highest BCUT2D eigenvalue weighted by Gasteiger charge is 2.18. The molecule has 0 saturated heterocycles. The topological polar surface area (TPSA) is 90.6 Å². The predicted octanol–water partition coefficient (Wildman–Crippen LogP) is 3.09. The fraction of sp³-hybridized carbons (Fsp3) is 0.273. The van der Waals surface area contributed by atoms with E-state index in [-0.39, 0.29) is 0 Å². The van der Waals surface area contributed by atoms with E-state index in [0.29, 0.717) is 29.6 Å². The first kappa shape index (κ1) is 21.0. The molecule has 0 saturated carbocycles. The van der Waals surface area contributed by atoms with Crippen molar-refractivity contribution < 1.29 is 19.1 Å². The zero-order valence-electron chi connectivity index (χ0n) is 16.3. The van der Waals surface area contributed by atoms with Crippen molar-refractivity contribution in [3.8, 4) is 11.5 Å². The van der Waals surface area contributed by atoms with Crippen LogP contribution in [0.2, 0.25) is 0 Å². The van der Waals surface area contributed by atoms with Crippen LogP contribution in [0.3, 0.4) is 0 Å². The molecular formula is C22H26N2O4. The van der Waals surface area contributed by atoms with Gasteiger partial charge in [0.1, 0.15) is 6.04 Å². The van der Waals surface area contributed by atoms with Gasteiger partial charge in [0.2, 0.25) is 11.8 Å². The highest BCUT2D eigenvalue weighted by Crippen LogP contribution is 2.29. The molecule has 6 nitrogen and oxygen atoms in total. The van der Waals surface area contributed by atoms with Crippen LogP contribution in [0.5, 0.6) is 11.5 Å². The number of benzene rings is 2. The van der Waals surface area contributed by atoms with Gasteiger partial charge in [-0.15, -0.1) is 0 Å². The molecule has 2 rings (SSSR count). The Balaban J connectivity index is 2.07. The summed E-state index contributed by atoms with van der Waals surface area (Å²) in [6.07, 6.45) is 2.98. The van der Waals surface area contributed by atoms with Gasteiger partial charge in [0.25, 0.3) is 0 Å². The number of nitrogens with two attached hydrogens (primary N) is 1. The summed E-state index contributed by atoms with van der Waals surface area (Å²) < 4.78 is 11.1. The number of amides is 2. The third-order valence-electron chi connectivity index (χ3n) is 3.89. The van der Waals surface area contributed by atoms with Gasteiger partial charge in [-0.1, -0.05) is 50.2 Å². The Morgan fingerprint density at radius 2 is 1.82 bits per heavy atom. The quantitative estimate of drug-likeness (QED) is 0.652. The van der Waals surface area contributed by atoms with Gasteiger partial charge in [-0.2, -0.15) is 0 Å². The first-order valence-electron chi connectivity index (χ1n) is 9.04. The number of hydrogen-bond acceptors (Lipinski definition) is 4. The zero-order valence-corrected chi connectivity index (χ0v) is 16.3. The Morgan fingerprint density at radius 3 is 2.43 bits per heavy atom. The third-order valence-corrected chi connectivity index (χ3v) is 3.89. The summed E-state index contributed by atoms with van der Waals surface area (Å²) in [6.45, 7) is 4.72. The van der Waals surface area contributed by atoms with Gasteiger partial charge < -0.3 is 20.5 Å². The summed E-state index contributed by atoms with van der Waals surface area (Å²) >= 11 is 0. The van der Waals surface area contributed by atoms with Gasteiger partial charge in [0, 0.05) is 6.08 Å². The van der Waals surface area contributed by atoms with Crippen molar-refractivity contribution in [1.82, 2.24) is 5.32 Å². The molecule has 0 radical (unpaired) electrons. The summed E-state index contributed by atoms with van der Waals surface area (Å²) in [5.41, 5.74) is 6.81. The summed E-state index contributed by atoms with van der Waals surface area (Å²) in [5, 5.41) is 2.62. The Morgan fingerprint density at radius 1 is 1.11 bits per heavy atom. The monoisotopic (exact) mass is 382 g/mol. The molecule has 2 amide bonds. The Kier molecular flexibility index (Phi) is 7.63. The Hall–Kier alpha value is -3.28. The minimum absolute atomic E-state index is 0.399. The van der Waals surface area contributed by atoms with Crippen LogP contribution in [0.1, 0.15) is 31.0 Å². The smallest absolute Gasteiger partial charge is 0.244 e. The standard InChI is InChI=1S/C22H26N2O4/c1-15(2)14-28-18-11-9-16(13-19(18)27-3)10-12-20(25)24-21(22(23)26)17-7-5-4-6-8-17/h4-13,15,21H,14H2,1-3H3,(H2,23,26)(H,24,25). The number of carbonyl (C=O) groups is 2. The van der Waals surface area contributed by atoms with Crippen molar-refractivity contribution >= 4 is 17.9 Å². The number of nitrogens with one attached hydrogen (secondary N) is 1. The SMILES string of the molecule is COc1cc(C=CC(=O)NC(C(N)=O)c2ccccc2)ccc1OCC(C)C. The molecule has 0 heterocycles. The van der Waals surface area contributed by atoms with Crippen LogP contribution in [-0.4, -0.2) is 25.5 Å². The van der Waals surface area contributed by atoms with Crippen LogP contribution in [0.25, 0.3) is 6.08 Å². The fourth-order valence-corrected chi connectivity index (χ4v) is 2.49. The van der Waals surface area contributed by atoms with Gasteiger partial charge in [-0.05, 0) is 35.3 Å². The maximum absolute atomic E-state index is 12.2. The fourth-order valence-electron chi connectivity index (χ4n) is 2.49. The van der Waals surface area contributed by atoms with Gasteiger partial charge in [-0.25, -0.2) is 0 Å². The van der Waals surface area contributed by atoms with Gasteiger partial charge in [0.15, 0.2) is 11.5 Å². The summed E-state index contributed by atoms with van der Waals surface area (Å²) in [5.74, 6) is 0.585. The second-order valence-corrected chi connectivity index (χ2v) is 6.70. The van der Waals surface area contributed by atoms with Crippen molar-refractivity contribution in [2.45, 2.75) is 19.9 Å². The van der Waals surface area contributed by atoms with Crippen LogP contribution in [-0.2, 0) is 9.59 Å². The maximum atomic E-state index is 12.2. The van der Waals surface area contributed by atoms with E-state index in [1.54, 1.807) is 49.6 Å². The molecule has 1 unspecified atom stereocenters. The average molecular weight is 382 g/mol. The molecule has 0 aromatic heterocycles. The molecule has 28 heavy (non-hydrogen) atoms. The van der Waals surface area contributed by atoms with Crippen LogP contribution >= 0.6 is 0 Å². The molecule has 6 heteroatoms. The molecular weight excluding hydrogens is 356 g/mol. The van der Waals surface area contributed by atoms with Gasteiger partial charge in [0.05, 0.1) is 13.7 Å². The number of methoxy groups -OCH3 is 1. The van der Waals surface area contributed by atoms with E-state index < -0.39 is 17.9 Å². The number of ether oxygens (including phenoxy) is 2. The van der Waals surface area contributed by atoms with E-state index in [1.807, 2.05) is 12.1 Å². The molecule has 2 aromatic carbocycles. The van der Waals surface area contributed by atoms with Crippen molar-refractivity contribution in [1.29, 1.82) is 0 Å². The van der Waals surface area contributed by atoms with Crippen molar-refractivity contribution in [3.05, 3.63) is 65.7 Å². The van der Waals surface area contributed by atoms with Crippen molar-refractivity contribution in [2.75, 3.05) is 13.7 Å². The molecule has 0 spiro atoms. The van der Waals surface area contributed by atoms with Crippen LogP contribution < -0.4 is 20.5 Å². The van der Waals surface area contributed by atoms with Crippen LogP contribution in [0.15, 0.2) is 54.6 Å². The lowest BCUT2D eigenvalue weighted by molar-refractivity contribution is -0.125. The molecule has 2 aromatic rings. The first-order chi connectivity index (χ1) is 13.4. The summed E-state index contributed by atoms with van der Waals surface area (Å²) in [4.78, 5) is 23.9. The lowest BCUT2D eigenvalue weighted by Crippen LogP contribution is -2.36. The Labute approximate surface area is 165 Å². The second-order valence-electron chi connectivity index (χ2n) is 6.70. The van der Waals surface area contributed by atoms with Crippen LogP contribution in [0, 0.1) is 5.92 Å². The van der Waals surface area contributed by atoms with E-state index in [2.05, 4.69) is 19.2 Å². The van der Waals surface area contributed by atoms with Crippen LogP contribution in [0.4, 0.5) is 0 Å². The number of primary amides is 1. The normalized spacial score (nSPS) is 12.0. The Bertz CT molecular complexity index is 832. The molecule has 1 atom stereocenters. The zero-order chi connectivity index (χ0) is 20.5. The number of hydrogen-bond donors (Lipinski definition) is 2. The molecule has 0 bridgehead atoms. The van der Waals surface area contributed by atoms with Crippen molar-refractivity contribution in [3.63, 3.8) is 0 Å². The van der Waals surface area contributed by atoms with E-state index in [9.17, 15) is 9.59 Å². The van der Waals surface area contributed by atoms with E-state index in [1.165, 1.54) is 6.08 Å². The van der Waals surface area contributed by atoms with E-state index in [0.717, 1.165) is 5.56 Å². The molecule has 148 valence electrons. The predicted molar refractivity (Wildman–Crippen MR) is 109 cm³/mol. The number of rotatable bonds is 9.